The van der Waals surface area contributed by atoms with Gasteiger partial charge in [0, 0.05) is 24.6 Å². The van der Waals surface area contributed by atoms with Crippen LogP contribution in [0, 0.1) is 0 Å². The molecule has 1 N–H and O–H groups in total. The van der Waals surface area contributed by atoms with Gasteiger partial charge in [-0.2, -0.15) is 0 Å². The lowest BCUT2D eigenvalue weighted by molar-refractivity contribution is -0.118. The minimum atomic E-state index is -0.0776. The molecular formula is C26H24N2O4S. The Hall–Kier alpha value is -3.71. The van der Waals surface area contributed by atoms with Crippen LogP contribution in [-0.2, 0) is 17.8 Å². The van der Waals surface area contributed by atoms with E-state index in [-0.39, 0.29) is 16.6 Å². The lowest BCUT2D eigenvalue weighted by Crippen LogP contribution is -2.22. The van der Waals surface area contributed by atoms with Crippen LogP contribution < -0.4 is 14.9 Å². The number of ketones is 1. The molecule has 7 heteroatoms. The van der Waals surface area contributed by atoms with Crippen molar-refractivity contribution < 1.29 is 14.3 Å². The molecule has 0 unspecified atom stereocenters. The smallest absolute Gasteiger partial charge is 0.308 e. The second-order valence-corrected chi connectivity index (χ2v) is 8.62. The summed E-state index contributed by atoms with van der Waals surface area (Å²) in [4.78, 5) is 36.1. The number of benzene rings is 3. The Morgan fingerprint density at radius 3 is 2.45 bits per heavy atom. The molecule has 0 saturated carbocycles. The lowest BCUT2D eigenvalue weighted by atomic mass is 10.0. The average Bonchev–Trinajstić information content (AvgIpc) is 3.14. The first-order valence-corrected chi connectivity index (χ1v) is 11.5. The van der Waals surface area contributed by atoms with Crippen LogP contribution in [0.5, 0.6) is 5.75 Å². The van der Waals surface area contributed by atoms with Crippen molar-refractivity contribution in [3.05, 3.63) is 99.2 Å². The Balaban J connectivity index is 1.39. The quantitative estimate of drug-likeness (QED) is 0.382. The van der Waals surface area contributed by atoms with E-state index in [1.54, 1.807) is 28.8 Å². The summed E-state index contributed by atoms with van der Waals surface area (Å²) in [6.07, 6.45) is 0.755. The number of nitrogens with one attached hydrogen (secondary N) is 1. The Kier molecular flexibility index (Phi) is 7.00. The first kappa shape index (κ1) is 22.5. The lowest BCUT2D eigenvalue weighted by Gasteiger charge is -2.09. The zero-order valence-corrected chi connectivity index (χ0v) is 19.1. The standard InChI is InChI=1S/C26H24N2O4S/c1-18(29)27-14-13-19-7-10-22(11-8-19)32-16-15-28-23-12-9-21(17-24(23)33-26(28)31)25(30)20-5-3-2-4-6-20/h2-12,17H,13-16H2,1H3,(H,27,29). The Morgan fingerprint density at radius 1 is 0.970 bits per heavy atom. The van der Waals surface area contributed by atoms with E-state index in [1.807, 2.05) is 48.5 Å². The number of fused-ring (bicyclic) bond motifs is 1. The summed E-state index contributed by atoms with van der Waals surface area (Å²) in [5, 5.41) is 2.78. The highest BCUT2D eigenvalue weighted by atomic mass is 32.1. The maximum atomic E-state index is 12.7. The predicted octanol–water partition coefficient (Wildman–Crippen LogP) is 4.05. The number of hydrogen-bond donors (Lipinski definition) is 1. The van der Waals surface area contributed by atoms with E-state index in [4.69, 9.17) is 4.74 Å². The number of aromatic nitrogens is 1. The molecule has 0 spiro atoms. The van der Waals surface area contributed by atoms with Gasteiger partial charge < -0.3 is 10.1 Å². The number of carbonyl (C=O) groups excluding carboxylic acids is 2. The van der Waals surface area contributed by atoms with Crippen molar-refractivity contribution in [3.8, 4) is 5.75 Å². The molecule has 0 bridgehead atoms. The Morgan fingerprint density at radius 2 is 1.73 bits per heavy atom. The molecule has 6 nitrogen and oxygen atoms in total. The predicted molar refractivity (Wildman–Crippen MR) is 130 cm³/mol. The summed E-state index contributed by atoms with van der Waals surface area (Å²) < 4.78 is 8.28. The van der Waals surface area contributed by atoms with E-state index in [2.05, 4.69) is 5.32 Å². The number of ether oxygens (including phenoxy) is 1. The molecule has 0 aliphatic carbocycles. The van der Waals surface area contributed by atoms with E-state index in [9.17, 15) is 14.4 Å². The van der Waals surface area contributed by atoms with Crippen LogP contribution in [0.15, 0.2) is 77.6 Å². The molecule has 168 valence electrons. The molecule has 4 aromatic rings. The number of amides is 1. The van der Waals surface area contributed by atoms with Gasteiger partial charge >= 0.3 is 4.87 Å². The van der Waals surface area contributed by atoms with Gasteiger partial charge in [-0.1, -0.05) is 53.8 Å². The van der Waals surface area contributed by atoms with Crippen molar-refractivity contribution >= 4 is 33.2 Å². The van der Waals surface area contributed by atoms with Gasteiger partial charge in [-0.05, 0) is 42.3 Å². The molecule has 1 heterocycles. The van der Waals surface area contributed by atoms with Crippen LogP contribution in [0.2, 0.25) is 0 Å². The SMILES string of the molecule is CC(=O)NCCc1ccc(OCCn2c(=O)sc3cc(C(=O)c4ccccc4)ccc32)cc1. The van der Waals surface area contributed by atoms with E-state index in [0.29, 0.717) is 30.8 Å². The number of hydrogen-bond acceptors (Lipinski definition) is 5. The Bertz CT molecular complexity index is 1320. The van der Waals surface area contributed by atoms with Crippen molar-refractivity contribution in [2.75, 3.05) is 13.2 Å². The van der Waals surface area contributed by atoms with Gasteiger partial charge in [-0.25, -0.2) is 0 Å². The first-order valence-electron chi connectivity index (χ1n) is 10.7. The maximum absolute atomic E-state index is 12.7. The zero-order valence-electron chi connectivity index (χ0n) is 18.2. The third-order valence-corrected chi connectivity index (χ3v) is 6.20. The topological polar surface area (TPSA) is 77.4 Å². The monoisotopic (exact) mass is 460 g/mol. The van der Waals surface area contributed by atoms with Crippen LogP contribution in [0.25, 0.3) is 10.2 Å². The molecule has 0 aliphatic heterocycles. The number of carbonyl (C=O) groups is 2. The molecule has 1 aromatic heterocycles. The van der Waals surface area contributed by atoms with Crippen molar-refractivity contribution in [1.82, 2.24) is 9.88 Å². The minimum absolute atomic E-state index is 0.0369. The molecule has 0 radical (unpaired) electrons. The third-order valence-electron chi connectivity index (χ3n) is 5.26. The van der Waals surface area contributed by atoms with Crippen LogP contribution in [0.1, 0.15) is 28.4 Å². The molecule has 0 saturated heterocycles. The van der Waals surface area contributed by atoms with E-state index in [1.165, 1.54) is 6.92 Å². The summed E-state index contributed by atoms with van der Waals surface area (Å²) in [5.41, 5.74) is 3.10. The summed E-state index contributed by atoms with van der Waals surface area (Å²) in [7, 11) is 0. The van der Waals surface area contributed by atoms with Gasteiger partial charge in [-0.15, -0.1) is 0 Å². The molecule has 0 aliphatic rings. The van der Waals surface area contributed by atoms with E-state index >= 15 is 0 Å². The number of thiazole rings is 1. The first-order chi connectivity index (χ1) is 16.0. The van der Waals surface area contributed by atoms with Crippen molar-refractivity contribution in [2.24, 2.45) is 0 Å². The molecule has 0 fully saturated rings. The van der Waals surface area contributed by atoms with Crippen LogP contribution in [-0.4, -0.2) is 29.4 Å². The summed E-state index contributed by atoms with van der Waals surface area (Å²) >= 11 is 1.13. The molecule has 0 atom stereocenters. The fourth-order valence-corrected chi connectivity index (χ4v) is 4.52. The Labute approximate surface area is 195 Å². The second kappa shape index (κ2) is 10.3. The van der Waals surface area contributed by atoms with Crippen molar-refractivity contribution in [2.45, 2.75) is 19.9 Å². The van der Waals surface area contributed by atoms with Gasteiger partial charge in [0.25, 0.3) is 0 Å². The minimum Gasteiger partial charge on any atom is -0.492 e. The van der Waals surface area contributed by atoms with Gasteiger partial charge in [-0.3, -0.25) is 19.0 Å². The summed E-state index contributed by atoms with van der Waals surface area (Å²) in [6, 6.07) is 22.2. The summed E-state index contributed by atoms with van der Waals surface area (Å²) in [6.45, 7) is 2.86. The highest BCUT2D eigenvalue weighted by Crippen LogP contribution is 2.21. The average molecular weight is 461 g/mol. The normalized spacial score (nSPS) is 10.8. The maximum Gasteiger partial charge on any atom is 0.308 e. The molecule has 33 heavy (non-hydrogen) atoms. The van der Waals surface area contributed by atoms with Crippen molar-refractivity contribution in [3.63, 3.8) is 0 Å². The fraction of sp³-hybridized carbons (Fsp3) is 0.192. The molecular weight excluding hydrogens is 436 g/mol. The molecule has 3 aromatic carbocycles. The van der Waals surface area contributed by atoms with Crippen molar-refractivity contribution in [1.29, 1.82) is 0 Å². The third kappa shape index (κ3) is 5.56. The number of nitrogens with zero attached hydrogens (tertiary/aromatic N) is 1. The number of rotatable bonds is 9. The molecule has 1 amide bonds. The zero-order chi connectivity index (χ0) is 23.2. The van der Waals surface area contributed by atoms with Crippen LogP contribution in [0.3, 0.4) is 0 Å². The summed E-state index contributed by atoms with van der Waals surface area (Å²) in [5.74, 6) is 0.625. The van der Waals surface area contributed by atoms with E-state index in [0.717, 1.165) is 39.3 Å². The highest BCUT2D eigenvalue weighted by Gasteiger charge is 2.13. The second-order valence-electron chi connectivity index (χ2n) is 7.62. The largest absolute Gasteiger partial charge is 0.492 e. The van der Waals surface area contributed by atoms with Gasteiger partial charge in [0.2, 0.25) is 5.91 Å². The van der Waals surface area contributed by atoms with Crippen LogP contribution in [0.4, 0.5) is 0 Å². The van der Waals surface area contributed by atoms with Gasteiger partial charge in [0.15, 0.2) is 5.78 Å². The van der Waals surface area contributed by atoms with Crippen LogP contribution >= 0.6 is 11.3 Å². The fourth-order valence-electron chi connectivity index (χ4n) is 3.57. The van der Waals surface area contributed by atoms with E-state index < -0.39 is 0 Å². The highest BCUT2D eigenvalue weighted by molar-refractivity contribution is 7.16. The van der Waals surface area contributed by atoms with Gasteiger partial charge in [0.05, 0.1) is 16.8 Å². The van der Waals surface area contributed by atoms with Gasteiger partial charge in [0.1, 0.15) is 12.4 Å². The molecule has 4 rings (SSSR count).